The fourth-order valence-corrected chi connectivity index (χ4v) is 1.83. The summed E-state index contributed by atoms with van der Waals surface area (Å²) in [5.74, 6) is -0.0402. The minimum absolute atomic E-state index is 0.0115. The molecule has 1 aromatic rings. The number of aliphatic hydroxyl groups excluding tert-OH is 1. The van der Waals surface area contributed by atoms with Crippen LogP contribution in [0.2, 0.25) is 0 Å². The second-order valence-corrected chi connectivity index (χ2v) is 4.31. The standard InChI is InChI=1S/C14H20O3/c1-4-17-14(16)9-13(15)12-8-6-5-7-11(12)10(2)3/h5-8,10,13,15H,4,9H2,1-3H3. The fourth-order valence-electron chi connectivity index (χ4n) is 1.83. The van der Waals surface area contributed by atoms with Crippen molar-refractivity contribution in [1.29, 1.82) is 0 Å². The van der Waals surface area contributed by atoms with Gasteiger partial charge in [0.1, 0.15) is 0 Å². The van der Waals surface area contributed by atoms with Crippen molar-refractivity contribution in [2.45, 2.75) is 39.2 Å². The molecule has 0 fully saturated rings. The van der Waals surface area contributed by atoms with Crippen LogP contribution in [0.4, 0.5) is 0 Å². The van der Waals surface area contributed by atoms with Crippen molar-refractivity contribution < 1.29 is 14.6 Å². The third-order valence-corrected chi connectivity index (χ3v) is 2.64. The van der Waals surface area contributed by atoms with E-state index in [-0.39, 0.29) is 12.4 Å². The molecule has 0 aliphatic carbocycles. The van der Waals surface area contributed by atoms with Gasteiger partial charge in [-0.1, -0.05) is 38.1 Å². The van der Waals surface area contributed by atoms with E-state index >= 15 is 0 Å². The zero-order valence-corrected chi connectivity index (χ0v) is 10.6. The van der Waals surface area contributed by atoms with Crippen LogP contribution in [0.15, 0.2) is 24.3 Å². The summed E-state index contributed by atoms with van der Waals surface area (Å²) in [5, 5.41) is 10.0. The number of carbonyl (C=O) groups excluding carboxylic acids is 1. The summed E-state index contributed by atoms with van der Waals surface area (Å²) in [6.07, 6.45) is -0.773. The molecule has 0 saturated carbocycles. The Bertz CT molecular complexity index is 371. The topological polar surface area (TPSA) is 46.5 Å². The first-order chi connectivity index (χ1) is 8.06. The molecule has 94 valence electrons. The lowest BCUT2D eigenvalue weighted by Crippen LogP contribution is -2.11. The van der Waals surface area contributed by atoms with Gasteiger partial charge in [0, 0.05) is 0 Å². The summed E-state index contributed by atoms with van der Waals surface area (Å²) >= 11 is 0. The Morgan fingerprint density at radius 2 is 1.88 bits per heavy atom. The van der Waals surface area contributed by atoms with Crippen LogP contribution in [-0.2, 0) is 9.53 Å². The van der Waals surface area contributed by atoms with E-state index in [4.69, 9.17) is 4.74 Å². The summed E-state index contributed by atoms with van der Waals surface area (Å²) in [5.41, 5.74) is 1.89. The highest BCUT2D eigenvalue weighted by Gasteiger charge is 2.17. The summed E-state index contributed by atoms with van der Waals surface area (Å²) in [4.78, 5) is 11.3. The Hall–Kier alpha value is -1.35. The van der Waals surface area contributed by atoms with Gasteiger partial charge in [0.05, 0.1) is 19.1 Å². The van der Waals surface area contributed by atoms with Crippen molar-refractivity contribution >= 4 is 5.97 Å². The summed E-state index contributed by atoms with van der Waals surface area (Å²) in [7, 11) is 0. The first-order valence-corrected chi connectivity index (χ1v) is 5.98. The molecule has 17 heavy (non-hydrogen) atoms. The van der Waals surface area contributed by atoms with Crippen LogP contribution in [0.1, 0.15) is 50.3 Å². The maximum absolute atomic E-state index is 11.3. The molecule has 0 bridgehead atoms. The maximum Gasteiger partial charge on any atom is 0.308 e. The van der Waals surface area contributed by atoms with Crippen LogP contribution in [0.5, 0.6) is 0 Å². The van der Waals surface area contributed by atoms with Crippen molar-refractivity contribution in [3.63, 3.8) is 0 Å². The van der Waals surface area contributed by atoms with Gasteiger partial charge in [0.15, 0.2) is 0 Å². The summed E-state index contributed by atoms with van der Waals surface area (Å²) < 4.78 is 4.84. The minimum atomic E-state index is -0.785. The van der Waals surface area contributed by atoms with Gasteiger partial charge in [-0.25, -0.2) is 0 Å². The van der Waals surface area contributed by atoms with E-state index in [0.29, 0.717) is 12.5 Å². The highest BCUT2D eigenvalue weighted by atomic mass is 16.5. The number of hydrogen-bond donors (Lipinski definition) is 1. The van der Waals surface area contributed by atoms with E-state index in [1.54, 1.807) is 6.92 Å². The molecule has 0 spiro atoms. The Kier molecular flexibility index (Phi) is 5.16. The van der Waals surface area contributed by atoms with Gasteiger partial charge < -0.3 is 9.84 Å². The highest BCUT2D eigenvalue weighted by molar-refractivity contribution is 5.70. The predicted octanol–water partition coefficient (Wildman–Crippen LogP) is 2.80. The second-order valence-electron chi connectivity index (χ2n) is 4.31. The molecule has 0 amide bonds. The van der Waals surface area contributed by atoms with Crippen molar-refractivity contribution in [1.82, 2.24) is 0 Å². The fraction of sp³-hybridized carbons (Fsp3) is 0.500. The minimum Gasteiger partial charge on any atom is -0.466 e. The largest absolute Gasteiger partial charge is 0.466 e. The number of rotatable bonds is 5. The lowest BCUT2D eigenvalue weighted by molar-refractivity contribution is -0.145. The van der Waals surface area contributed by atoms with E-state index in [2.05, 4.69) is 13.8 Å². The van der Waals surface area contributed by atoms with Gasteiger partial charge in [0.25, 0.3) is 0 Å². The molecular weight excluding hydrogens is 216 g/mol. The molecule has 0 heterocycles. The van der Waals surface area contributed by atoms with E-state index in [1.807, 2.05) is 24.3 Å². The first-order valence-electron chi connectivity index (χ1n) is 5.98. The average Bonchev–Trinajstić information content (AvgIpc) is 2.29. The van der Waals surface area contributed by atoms with E-state index in [1.165, 1.54) is 0 Å². The number of benzene rings is 1. The van der Waals surface area contributed by atoms with Crippen molar-refractivity contribution in [2.75, 3.05) is 6.61 Å². The SMILES string of the molecule is CCOC(=O)CC(O)c1ccccc1C(C)C. The lowest BCUT2D eigenvalue weighted by Gasteiger charge is -2.17. The van der Waals surface area contributed by atoms with Crippen LogP contribution in [0.25, 0.3) is 0 Å². The van der Waals surface area contributed by atoms with Crippen molar-refractivity contribution in [3.05, 3.63) is 35.4 Å². The van der Waals surface area contributed by atoms with Crippen LogP contribution in [0.3, 0.4) is 0 Å². The summed E-state index contributed by atoms with van der Waals surface area (Å²) in [6.45, 7) is 6.23. The Balaban J connectivity index is 2.81. The normalized spacial score (nSPS) is 12.5. The Morgan fingerprint density at radius 1 is 1.29 bits per heavy atom. The van der Waals surface area contributed by atoms with Gasteiger partial charge in [0.2, 0.25) is 0 Å². The van der Waals surface area contributed by atoms with Crippen molar-refractivity contribution in [2.24, 2.45) is 0 Å². The predicted molar refractivity (Wildman–Crippen MR) is 66.7 cm³/mol. The summed E-state index contributed by atoms with van der Waals surface area (Å²) in [6, 6.07) is 7.65. The van der Waals surface area contributed by atoms with Gasteiger partial charge >= 0.3 is 5.97 Å². The van der Waals surface area contributed by atoms with Crippen molar-refractivity contribution in [3.8, 4) is 0 Å². The molecule has 1 N–H and O–H groups in total. The maximum atomic E-state index is 11.3. The molecule has 0 aliphatic heterocycles. The van der Waals surface area contributed by atoms with E-state index < -0.39 is 6.10 Å². The zero-order chi connectivity index (χ0) is 12.8. The van der Waals surface area contributed by atoms with E-state index in [0.717, 1.165) is 11.1 Å². The molecule has 1 rings (SSSR count). The third-order valence-electron chi connectivity index (χ3n) is 2.64. The monoisotopic (exact) mass is 236 g/mol. The van der Waals surface area contributed by atoms with Crippen LogP contribution in [0, 0.1) is 0 Å². The number of ether oxygens (including phenoxy) is 1. The third kappa shape index (κ3) is 3.86. The van der Waals surface area contributed by atoms with Gasteiger partial charge in [-0.15, -0.1) is 0 Å². The molecule has 3 nitrogen and oxygen atoms in total. The molecule has 0 saturated heterocycles. The molecule has 0 aliphatic rings. The molecule has 1 unspecified atom stereocenters. The van der Waals surface area contributed by atoms with Gasteiger partial charge in [-0.05, 0) is 24.0 Å². The quantitative estimate of drug-likeness (QED) is 0.800. The molecule has 0 aromatic heterocycles. The Morgan fingerprint density at radius 3 is 2.41 bits per heavy atom. The van der Waals surface area contributed by atoms with E-state index in [9.17, 15) is 9.90 Å². The van der Waals surface area contributed by atoms with Crippen LogP contribution in [-0.4, -0.2) is 17.7 Å². The Labute approximate surface area is 102 Å². The van der Waals surface area contributed by atoms with Gasteiger partial charge in [-0.3, -0.25) is 4.79 Å². The second kappa shape index (κ2) is 6.40. The van der Waals surface area contributed by atoms with Crippen LogP contribution >= 0.6 is 0 Å². The van der Waals surface area contributed by atoms with Crippen LogP contribution < -0.4 is 0 Å². The van der Waals surface area contributed by atoms with Gasteiger partial charge in [-0.2, -0.15) is 0 Å². The number of aliphatic hydroxyl groups is 1. The molecular formula is C14H20O3. The molecule has 3 heteroatoms. The lowest BCUT2D eigenvalue weighted by atomic mass is 9.93. The number of carbonyl (C=O) groups is 1. The highest BCUT2D eigenvalue weighted by Crippen LogP contribution is 2.26. The number of esters is 1. The number of hydrogen-bond acceptors (Lipinski definition) is 3. The molecule has 1 atom stereocenters. The molecule has 0 radical (unpaired) electrons. The zero-order valence-electron chi connectivity index (χ0n) is 10.6. The average molecular weight is 236 g/mol. The smallest absolute Gasteiger partial charge is 0.308 e. The first kappa shape index (κ1) is 13.7. The molecule has 1 aromatic carbocycles.